The Morgan fingerprint density at radius 3 is 2.55 bits per heavy atom. The summed E-state index contributed by atoms with van der Waals surface area (Å²) in [5, 5.41) is 0. The molecule has 0 spiro atoms. The molecule has 0 unspecified atom stereocenters. The van der Waals surface area contributed by atoms with E-state index in [0.29, 0.717) is 38.3 Å². The standard InChI is InChI=1S/C29H30F3N5O/c1-19-23-8-10-35(13-20-5-3-2-4-6-20)17-25(23)34-26-18-37(16-24(19)26)28(38)11-21-14-36(15-21)22-7-9-33-27(12-22)29(30,31)32/h2-7,9,12,21H,8,10-11,13-18H2,1H3. The molecule has 3 aliphatic rings. The Balaban J connectivity index is 1.06. The van der Waals surface area contributed by atoms with Crippen LogP contribution in [0.25, 0.3) is 0 Å². The van der Waals surface area contributed by atoms with E-state index >= 15 is 0 Å². The lowest BCUT2D eigenvalue weighted by Gasteiger charge is -2.41. The average molecular weight is 522 g/mol. The second-order valence-electron chi connectivity index (χ2n) is 10.7. The maximum absolute atomic E-state index is 13.1. The van der Waals surface area contributed by atoms with E-state index in [-0.39, 0.29) is 11.8 Å². The van der Waals surface area contributed by atoms with Crippen LogP contribution < -0.4 is 4.90 Å². The minimum Gasteiger partial charge on any atom is -0.371 e. The Labute approximate surface area is 220 Å². The topological polar surface area (TPSA) is 52.6 Å². The van der Waals surface area contributed by atoms with Gasteiger partial charge in [0.15, 0.2) is 0 Å². The van der Waals surface area contributed by atoms with Gasteiger partial charge in [-0.3, -0.25) is 19.7 Å². The van der Waals surface area contributed by atoms with E-state index in [1.165, 1.54) is 28.5 Å². The fourth-order valence-corrected chi connectivity index (χ4v) is 5.91. The van der Waals surface area contributed by atoms with Crippen molar-refractivity contribution < 1.29 is 18.0 Å². The van der Waals surface area contributed by atoms with E-state index < -0.39 is 11.9 Å². The van der Waals surface area contributed by atoms with Gasteiger partial charge in [-0.15, -0.1) is 0 Å². The number of fused-ring (bicyclic) bond motifs is 2. The highest BCUT2D eigenvalue weighted by molar-refractivity contribution is 5.77. The number of benzene rings is 1. The zero-order chi connectivity index (χ0) is 26.4. The summed E-state index contributed by atoms with van der Waals surface area (Å²) in [5.74, 6) is 0.212. The number of carbonyl (C=O) groups excluding carboxylic acids is 1. The van der Waals surface area contributed by atoms with Crippen molar-refractivity contribution in [1.82, 2.24) is 19.8 Å². The van der Waals surface area contributed by atoms with Crippen LogP contribution in [0.5, 0.6) is 0 Å². The first kappa shape index (κ1) is 24.9. The summed E-state index contributed by atoms with van der Waals surface area (Å²) < 4.78 is 39.0. The minimum atomic E-state index is -4.47. The Hall–Kier alpha value is -3.46. The summed E-state index contributed by atoms with van der Waals surface area (Å²) in [4.78, 5) is 27.8. The molecular formula is C29H30F3N5O. The molecule has 2 aromatic heterocycles. The number of pyridine rings is 2. The van der Waals surface area contributed by atoms with Crippen molar-refractivity contribution in [1.29, 1.82) is 0 Å². The molecule has 0 bridgehead atoms. The lowest BCUT2D eigenvalue weighted by Crippen LogP contribution is -2.48. The Kier molecular flexibility index (Phi) is 6.34. The smallest absolute Gasteiger partial charge is 0.371 e. The first-order valence-corrected chi connectivity index (χ1v) is 13.1. The van der Waals surface area contributed by atoms with Crippen molar-refractivity contribution in [3.8, 4) is 0 Å². The molecule has 1 fully saturated rings. The second kappa shape index (κ2) is 9.69. The van der Waals surface area contributed by atoms with E-state index in [1.54, 1.807) is 6.07 Å². The van der Waals surface area contributed by atoms with E-state index in [9.17, 15) is 18.0 Å². The molecular weight excluding hydrogens is 491 g/mol. The number of nitrogens with zero attached hydrogens (tertiary/aromatic N) is 5. The number of hydrogen-bond acceptors (Lipinski definition) is 5. The van der Waals surface area contributed by atoms with Gasteiger partial charge < -0.3 is 9.80 Å². The molecule has 1 aromatic carbocycles. The largest absolute Gasteiger partial charge is 0.433 e. The molecule has 3 aliphatic heterocycles. The quantitative estimate of drug-likeness (QED) is 0.486. The number of carbonyl (C=O) groups is 1. The first-order chi connectivity index (χ1) is 18.2. The maximum atomic E-state index is 13.1. The molecule has 5 heterocycles. The molecule has 0 radical (unpaired) electrons. The number of rotatable bonds is 5. The number of aromatic nitrogens is 2. The predicted molar refractivity (Wildman–Crippen MR) is 137 cm³/mol. The predicted octanol–water partition coefficient (Wildman–Crippen LogP) is 4.73. The average Bonchev–Trinajstić information content (AvgIpc) is 3.31. The van der Waals surface area contributed by atoms with Gasteiger partial charge in [0, 0.05) is 63.5 Å². The number of halogens is 3. The van der Waals surface area contributed by atoms with Crippen molar-refractivity contribution in [2.45, 2.75) is 52.1 Å². The Morgan fingerprint density at radius 2 is 1.79 bits per heavy atom. The van der Waals surface area contributed by atoms with Crippen LogP contribution in [0.2, 0.25) is 0 Å². The van der Waals surface area contributed by atoms with Crippen LogP contribution in [-0.2, 0) is 43.6 Å². The summed E-state index contributed by atoms with van der Waals surface area (Å²) in [6.45, 7) is 7.11. The van der Waals surface area contributed by atoms with Crippen LogP contribution in [-0.4, -0.2) is 45.3 Å². The van der Waals surface area contributed by atoms with E-state index in [4.69, 9.17) is 4.98 Å². The van der Waals surface area contributed by atoms with Crippen LogP contribution >= 0.6 is 0 Å². The number of anilines is 1. The summed E-state index contributed by atoms with van der Waals surface area (Å²) in [6.07, 6.45) is -1.92. The van der Waals surface area contributed by atoms with E-state index in [0.717, 1.165) is 43.5 Å². The summed E-state index contributed by atoms with van der Waals surface area (Å²) in [7, 11) is 0. The third-order valence-corrected chi connectivity index (χ3v) is 8.03. The number of amides is 1. The molecule has 38 heavy (non-hydrogen) atoms. The summed E-state index contributed by atoms with van der Waals surface area (Å²) >= 11 is 0. The molecule has 3 aromatic rings. The fourth-order valence-electron chi connectivity index (χ4n) is 5.91. The van der Waals surface area contributed by atoms with Crippen LogP contribution in [0.4, 0.5) is 18.9 Å². The van der Waals surface area contributed by atoms with Gasteiger partial charge in [-0.2, -0.15) is 13.2 Å². The van der Waals surface area contributed by atoms with Crippen LogP contribution in [0.1, 0.15) is 45.8 Å². The van der Waals surface area contributed by atoms with Gasteiger partial charge >= 0.3 is 6.18 Å². The molecule has 1 saturated heterocycles. The van der Waals surface area contributed by atoms with Crippen molar-refractivity contribution in [3.05, 3.63) is 88.0 Å². The van der Waals surface area contributed by atoms with Crippen molar-refractivity contribution in [2.24, 2.45) is 5.92 Å². The van der Waals surface area contributed by atoms with E-state index in [1.807, 2.05) is 15.9 Å². The highest BCUT2D eigenvalue weighted by Gasteiger charge is 2.36. The van der Waals surface area contributed by atoms with Gasteiger partial charge in [-0.05, 0) is 47.7 Å². The van der Waals surface area contributed by atoms with Gasteiger partial charge in [0.1, 0.15) is 5.69 Å². The van der Waals surface area contributed by atoms with Gasteiger partial charge in [0.25, 0.3) is 0 Å². The summed E-state index contributed by atoms with van der Waals surface area (Å²) in [6, 6.07) is 13.1. The zero-order valence-corrected chi connectivity index (χ0v) is 21.3. The molecule has 0 atom stereocenters. The van der Waals surface area contributed by atoms with Crippen molar-refractivity contribution in [3.63, 3.8) is 0 Å². The van der Waals surface area contributed by atoms with Crippen LogP contribution in [0.15, 0.2) is 48.7 Å². The van der Waals surface area contributed by atoms with Crippen LogP contribution in [0, 0.1) is 12.8 Å². The maximum Gasteiger partial charge on any atom is 0.433 e. The highest BCUT2D eigenvalue weighted by Crippen LogP contribution is 2.35. The fraction of sp³-hybridized carbons (Fsp3) is 0.414. The third-order valence-electron chi connectivity index (χ3n) is 8.03. The van der Waals surface area contributed by atoms with Crippen LogP contribution in [0.3, 0.4) is 0 Å². The van der Waals surface area contributed by atoms with Gasteiger partial charge in [0.05, 0.1) is 17.9 Å². The number of alkyl halides is 3. The molecule has 0 N–H and O–H groups in total. The molecule has 6 nitrogen and oxygen atoms in total. The van der Waals surface area contributed by atoms with Crippen molar-refractivity contribution in [2.75, 3.05) is 24.5 Å². The SMILES string of the molecule is Cc1c2c(nc3c1CN(C(=O)CC1CN(c4ccnc(C(F)(F)F)c4)C1)C3)CN(Cc1ccccc1)CC2. The molecule has 9 heteroatoms. The normalized spacial score (nSPS) is 17.8. The Morgan fingerprint density at radius 1 is 1.03 bits per heavy atom. The first-order valence-electron chi connectivity index (χ1n) is 13.1. The zero-order valence-electron chi connectivity index (χ0n) is 21.3. The lowest BCUT2D eigenvalue weighted by atomic mass is 9.94. The van der Waals surface area contributed by atoms with Gasteiger partial charge in [-0.1, -0.05) is 30.3 Å². The second-order valence-corrected chi connectivity index (χ2v) is 10.7. The molecule has 198 valence electrons. The van der Waals surface area contributed by atoms with Gasteiger partial charge in [0.2, 0.25) is 5.91 Å². The Bertz CT molecular complexity index is 1350. The highest BCUT2D eigenvalue weighted by atomic mass is 19.4. The molecule has 0 saturated carbocycles. The van der Waals surface area contributed by atoms with Gasteiger partial charge in [-0.25, -0.2) is 0 Å². The molecule has 6 rings (SSSR count). The van der Waals surface area contributed by atoms with Crippen molar-refractivity contribution >= 4 is 11.6 Å². The third kappa shape index (κ3) is 4.87. The monoisotopic (exact) mass is 521 g/mol. The number of hydrogen-bond donors (Lipinski definition) is 0. The molecule has 0 aliphatic carbocycles. The van der Waals surface area contributed by atoms with E-state index in [2.05, 4.69) is 41.1 Å². The molecule has 1 amide bonds. The minimum absolute atomic E-state index is 0.0847. The summed E-state index contributed by atoms with van der Waals surface area (Å²) in [5.41, 5.74) is 6.81. The lowest BCUT2D eigenvalue weighted by molar-refractivity contribution is -0.141.